The van der Waals surface area contributed by atoms with Gasteiger partial charge >= 0.3 is 6.18 Å². The Morgan fingerprint density at radius 1 is 0.852 bits per heavy atom. The highest BCUT2D eigenvalue weighted by molar-refractivity contribution is 5.67. The van der Waals surface area contributed by atoms with Crippen molar-refractivity contribution in [2.45, 2.75) is 32.4 Å². The van der Waals surface area contributed by atoms with Gasteiger partial charge in [-0.3, -0.25) is 5.10 Å². The predicted molar refractivity (Wildman–Crippen MR) is 90.9 cm³/mol. The van der Waals surface area contributed by atoms with Crippen LogP contribution in [-0.4, -0.2) is 15.2 Å². The van der Waals surface area contributed by atoms with Gasteiger partial charge in [-0.25, -0.2) is 13.8 Å². The Bertz CT molecular complexity index is 984. The zero-order valence-electron chi connectivity index (χ0n) is 14.7. The Kier molecular flexibility index (Phi) is 4.53. The van der Waals surface area contributed by atoms with Crippen molar-refractivity contribution in [3.8, 4) is 22.6 Å². The molecular weight excluding hydrogens is 365 g/mol. The summed E-state index contributed by atoms with van der Waals surface area (Å²) in [5, 5.41) is 5.63. The quantitative estimate of drug-likeness (QED) is 0.576. The molecule has 3 nitrogen and oxygen atoms in total. The van der Waals surface area contributed by atoms with E-state index in [1.165, 1.54) is 6.07 Å². The third-order valence-corrected chi connectivity index (χ3v) is 4.04. The maximum absolute atomic E-state index is 14.2. The molecule has 0 atom stereocenters. The second kappa shape index (κ2) is 6.44. The molecule has 1 aromatic carbocycles. The van der Waals surface area contributed by atoms with Crippen molar-refractivity contribution in [3.05, 3.63) is 59.3 Å². The van der Waals surface area contributed by atoms with Crippen LogP contribution in [0.1, 0.15) is 32.0 Å². The minimum absolute atomic E-state index is 0.0165. The summed E-state index contributed by atoms with van der Waals surface area (Å²) in [7, 11) is 0. The van der Waals surface area contributed by atoms with Crippen LogP contribution in [-0.2, 0) is 11.6 Å². The number of aromatic nitrogens is 3. The lowest BCUT2D eigenvalue weighted by Crippen LogP contribution is -2.12. The van der Waals surface area contributed by atoms with Crippen LogP contribution in [0, 0.1) is 11.6 Å². The molecule has 3 rings (SSSR count). The molecule has 2 aromatic heterocycles. The SMILES string of the molecule is CC(C)(C)c1cc(-c2cc(C(F)(F)F)[nH]n2)nc(-c2ccc(F)cc2F)c1. The summed E-state index contributed by atoms with van der Waals surface area (Å²) in [6.07, 6.45) is -4.57. The van der Waals surface area contributed by atoms with E-state index >= 15 is 0 Å². The predicted octanol–water partition coefficient (Wildman–Crippen LogP) is 5.73. The molecule has 8 heteroatoms. The van der Waals surface area contributed by atoms with Crippen molar-refractivity contribution >= 4 is 0 Å². The molecule has 0 aliphatic carbocycles. The number of aromatic amines is 1. The van der Waals surface area contributed by atoms with Crippen LogP contribution in [0.3, 0.4) is 0 Å². The number of H-pyrrole nitrogens is 1. The van der Waals surface area contributed by atoms with Crippen molar-refractivity contribution in [1.29, 1.82) is 0 Å². The van der Waals surface area contributed by atoms with Gasteiger partial charge in [0.15, 0.2) is 0 Å². The molecule has 1 N–H and O–H groups in total. The molecule has 3 aromatic rings. The van der Waals surface area contributed by atoms with E-state index in [9.17, 15) is 22.0 Å². The summed E-state index contributed by atoms with van der Waals surface area (Å²) in [4.78, 5) is 4.26. The van der Waals surface area contributed by atoms with Gasteiger partial charge in [0, 0.05) is 11.6 Å². The lowest BCUT2D eigenvalue weighted by Gasteiger charge is -2.20. The molecular formula is C19H16F5N3. The first-order valence-electron chi connectivity index (χ1n) is 8.06. The molecule has 0 saturated carbocycles. The third-order valence-electron chi connectivity index (χ3n) is 4.04. The molecule has 0 aliphatic heterocycles. The number of nitrogens with one attached hydrogen (secondary N) is 1. The zero-order chi connectivity index (χ0) is 20.0. The maximum atomic E-state index is 14.2. The Balaban J connectivity index is 2.19. The van der Waals surface area contributed by atoms with Gasteiger partial charge in [-0.15, -0.1) is 0 Å². The number of hydrogen-bond donors (Lipinski definition) is 1. The van der Waals surface area contributed by atoms with Crippen molar-refractivity contribution in [3.63, 3.8) is 0 Å². The van der Waals surface area contributed by atoms with Crippen molar-refractivity contribution in [1.82, 2.24) is 15.2 Å². The summed E-state index contributed by atoms with van der Waals surface area (Å²) in [6, 6.07) is 7.17. The molecule has 2 heterocycles. The molecule has 27 heavy (non-hydrogen) atoms. The summed E-state index contributed by atoms with van der Waals surface area (Å²) in [5.41, 5.74) is -0.281. The van der Waals surface area contributed by atoms with E-state index in [0.29, 0.717) is 0 Å². The normalized spacial score (nSPS) is 12.4. The maximum Gasteiger partial charge on any atom is 0.432 e. The summed E-state index contributed by atoms with van der Waals surface area (Å²) < 4.78 is 65.9. The van der Waals surface area contributed by atoms with Gasteiger partial charge in [0.05, 0.1) is 11.4 Å². The van der Waals surface area contributed by atoms with E-state index in [1.54, 1.807) is 12.1 Å². The Morgan fingerprint density at radius 3 is 2.07 bits per heavy atom. The van der Waals surface area contributed by atoms with Crippen LogP contribution >= 0.6 is 0 Å². The lowest BCUT2D eigenvalue weighted by atomic mass is 9.86. The van der Waals surface area contributed by atoms with Gasteiger partial charge in [-0.1, -0.05) is 20.8 Å². The van der Waals surface area contributed by atoms with Crippen molar-refractivity contribution in [2.75, 3.05) is 0 Å². The molecule has 0 unspecified atom stereocenters. The van der Waals surface area contributed by atoms with Gasteiger partial charge in [-0.2, -0.15) is 18.3 Å². The molecule has 0 fully saturated rings. The van der Waals surface area contributed by atoms with Gasteiger partial charge in [-0.05, 0) is 41.3 Å². The van der Waals surface area contributed by atoms with Crippen LogP contribution in [0.2, 0.25) is 0 Å². The molecule has 0 amide bonds. The van der Waals surface area contributed by atoms with Crippen molar-refractivity contribution in [2.24, 2.45) is 0 Å². The van der Waals surface area contributed by atoms with Crippen LogP contribution in [0.5, 0.6) is 0 Å². The lowest BCUT2D eigenvalue weighted by molar-refractivity contribution is -0.141. The molecule has 142 valence electrons. The number of pyridine rings is 1. The number of hydrogen-bond acceptors (Lipinski definition) is 2. The summed E-state index contributed by atoms with van der Waals surface area (Å²) in [5.74, 6) is -1.54. The van der Waals surface area contributed by atoms with Gasteiger partial charge < -0.3 is 0 Å². The highest BCUT2D eigenvalue weighted by Crippen LogP contribution is 2.34. The first kappa shape index (κ1) is 19.0. The minimum atomic E-state index is -4.57. The Hall–Kier alpha value is -2.77. The fourth-order valence-corrected chi connectivity index (χ4v) is 2.53. The highest BCUT2D eigenvalue weighted by atomic mass is 19.4. The third kappa shape index (κ3) is 3.99. The van der Waals surface area contributed by atoms with E-state index < -0.39 is 23.5 Å². The minimum Gasteiger partial charge on any atom is -0.273 e. The highest BCUT2D eigenvalue weighted by Gasteiger charge is 2.33. The van der Waals surface area contributed by atoms with Crippen LogP contribution in [0.25, 0.3) is 22.6 Å². The largest absolute Gasteiger partial charge is 0.432 e. The van der Waals surface area contributed by atoms with E-state index in [-0.39, 0.29) is 28.1 Å². The zero-order valence-corrected chi connectivity index (χ0v) is 14.7. The summed E-state index contributed by atoms with van der Waals surface area (Å²) >= 11 is 0. The van der Waals surface area contributed by atoms with Crippen LogP contribution in [0.15, 0.2) is 36.4 Å². The fraction of sp³-hybridized carbons (Fsp3) is 0.263. The van der Waals surface area contributed by atoms with Gasteiger partial charge in [0.2, 0.25) is 0 Å². The number of nitrogens with zero attached hydrogens (tertiary/aromatic N) is 2. The van der Waals surface area contributed by atoms with Gasteiger partial charge in [0.1, 0.15) is 23.0 Å². The van der Waals surface area contributed by atoms with Crippen LogP contribution in [0.4, 0.5) is 22.0 Å². The van der Waals surface area contributed by atoms with Crippen LogP contribution < -0.4 is 0 Å². The Morgan fingerprint density at radius 2 is 1.52 bits per heavy atom. The van der Waals surface area contributed by atoms with E-state index in [2.05, 4.69) is 10.1 Å². The second-order valence-electron chi connectivity index (χ2n) is 7.17. The van der Waals surface area contributed by atoms with E-state index in [4.69, 9.17) is 0 Å². The average molecular weight is 381 g/mol. The van der Waals surface area contributed by atoms with Gasteiger partial charge in [0.25, 0.3) is 0 Å². The second-order valence-corrected chi connectivity index (χ2v) is 7.17. The molecule has 0 aliphatic rings. The number of benzene rings is 1. The molecule has 0 radical (unpaired) electrons. The fourth-order valence-electron chi connectivity index (χ4n) is 2.53. The summed E-state index contributed by atoms with van der Waals surface area (Å²) in [6.45, 7) is 5.72. The number of rotatable bonds is 2. The first-order chi connectivity index (χ1) is 12.4. The Labute approximate surface area is 152 Å². The van der Waals surface area contributed by atoms with E-state index in [0.717, 1.165) is 23.8 Å². The first-order valence-corrected chi connectivity index (χ1v) is 8.06. The molecule has 0 bridgehead atoms. The topological polar surface area (TPSA) is 41.6 Å². The molecule has 0 spiro atoms. The number of halogens is 5. The smallest absolute Gasteiger partial charge is 0.273 e. The van der Waals surface area contributed by atoms with Crippen molar-refractivity contribution < 1.29 is 22.0 Å². The number of alkyl halides is 3. The standard InChI is InChI=1S/C19H16F5N3/c1-18(2,3)10-6-14(12-5-4-11(20)8-13(12)21)25-15(7-10)16-9-17(27-26-16)19(22,23)24/h4-9H,1-3H3,(H,26,27). The van der Waals surface area contributed by atoms with E-state index in [1.807, 2.05) is 25.9 Å². The molecule has 0 saturated heterocycles. The average Bonchev–Trinajstić information content (AvgIpc) is 3.04. The monoisotopic (exact) mass is 381 g/mol.